The van der Waals surface area contributed by atoms with E-state index in [4.69, 9.17) is 10.5 Å². The second-order valence-electron chi connectivity index (χ2n) is 5.72. The first-order valence-electron chi connectivity index (χ1n) is 7.93. The van der Waals surface area contributed by atoms with Crippen LogP contribution in [0.25, 0.3) is 0 Å². The van der Waals surface area contributed by atoms with Crippen molar-refractivity contribution in [3.05, 3.63) is 46.3 Å². The van der Waals surface area contributed by atoms with Crippen molar-refractivity contribution in [2.75, 3.05) is 13.2 Å². The van der Waals surface area contributed by atoms with E-state index in [1.165, 1.54) is 17.7 Å². The number of nitrogens with two attached hydrogens (primary N) is 1. The Morgan fingerprint density at radius 1 is 1.38 bits per heavy atom. The molecule has 0 radical (unpaired) electrons. The van der Waals surface area contributed by atoms with Crippen molar-refractivity contribution in [2.24, 2.45) is 16.6 Å². The lowest BCUT2D eigenvalue weighted by atomic mass is 10.3. The van der Waals surface area contributed by atoms with E-state index in [2.05, 4.69) is 32.8 Å². The Morgan fingerprint density at radius 2 is 2.25 bits per heavy atom. The average Bonchev–Trinajstić information content (AvgIpc) is 3.26. The van der Waals surface area contributed by atoms with Gasteiger partial charge < -0.3 is 15.8 Å². The Bertz CT molecular complexity index is 627. The van der Waals surface area contributed by atoms with Crippen LogP contribution in [0.15, 0.2) is 40.8 Å². The fraction of sp³-hybridized carbons (Fsp3) is 0.412. The number of hydrogen-bond donors (Lipinski definition) is 2. The molecule has 0 saturated heterocycles. The lowest BCUT2D eigenvalue weighted by Crippen LogP contribution is -2.33. The van der Waals surface area contributed by atoms with Gasteiger partial charge in [-0.05, 0) is 42.2 Å². The van der Waals surface area contributed by atoms with Crippen LogP contribution in [0.1, 0.15) is 23.3 Å². The minimum absolute atomic E-state index is 0. The Labute approximate surface area is 163 Å². The van der Waals surface area contributed by atoms with E-state index in [0.29, 0.717) is 18.4 Å². The summed E-state index contributed by atoms with van der Waals surface area (Å²) in [5.74, 6) is 1.89. The first-order valence-corrected chi connectivity index (χ1v) is 8.81. The predicted octanol–water partition coefficient (Wildman–Crippen LogP) is 3.20. The molecule has 24 heavy (non-hydrogen) atoms. The molecular formula is C17H23IN4OS. The van der Waals surface area contributed by atoms with Gasteiger partial charge in [-0.2, -0.15) is 0 Å². The molecule has 3 rings (SSSR count). The van der Waals surface area contributed by atoms with E-state index < -0.39 is 0 Å². The Kier molecular flexibility index (Phi) is 7.77. The van der Waals surface area contributed by atoms with Gasteiger partial charge in [0.2, 0.25) is 5.88 Å². The summed E-state index contributed by atoms with van der Waals surface area (Å²) in [6.07, 6.45) is 5.32. The molecule has 3 N–H and O–H groups in total. The van der Waals surface area contributed by atoms with Gasteiger partial charge in [0.1, 0.15) is 0 Å². The van der Waals surface area contributed by atoms with Gasteiger partial charge in [-0.1, -0.05) is 12.1 Å². The van der Waals surface area contributed by atoms with Crippen LogP contribution < -0.4 is 15.8 Å². The molecule has 1 fully saturated rings. The second-order valence-corrected chi connectivity index (χ2v) is 6.75. The molecule has 5 nitrogen and oxygen atoms in total. The van der Waals surface area contributed by atoms with Crippen molar-refractivity contribution in [1.29, 1.82) is 0 Å². The minimum atomic E-state index is 0. The molecular weight excluding hydrogens is 435 g/mol. The summed E-state index contributed by atoms with van der Waals surface area (Å²) < 4.78 is 5.62. The van der Waals surface area contributed by atoms with Gasteiger partial charge >= 0.3 is 0 Å². The maximum Gasteiger partial charge on any atom is 0.213 e. The van der Waals surface area contributed by atoms with Crippen LogP contribution in [-0.2, 0) is 13.0 Å². The number of guanidine groups is 1. The molecule has 1 aliphatic rings. The molecule has 2 heterocycles. The Hall–Kier alpha value is -1.35. The zero-order valence-electron chi connectivity index (χ0n) is 13.5. The van der Waals surface area contributed by atoms with E-state index in [1.54, 1.807) is 17.5 Å². The molecule has 0 bridgehead atoms. The number of halogens is 1. The van der Waals surface area contributed by atoms with Crippen molar-refractivity contribution >= 4 is 41.3 Å². The van der Waals surface area contributed by atoms with Gasteiger partial charge in [-0.25, -0.2) is 9.98 Å². The van der Waals surface area contributed by atoms with Gasteiger partial charge in [0.05, 0.1) is 13.2 Å². The summed E-state index contributed by atoms with van der Waals surface area (Å²) >= 11 is 1.75. The van der Waals surface area contributed by atoms with E-state index >= 15 is 0 Å². The number of nitrogens with zero attached hydrogens (tertiary/aromatic N) is 2. The van der Waals surface area contributed by atoms with E-state index in [0.717, 1.165) is 31.1 Å². The molecule has 0 aromatic carbocycles. The highest BCUT2D eigenvalue weighted by Gasteiger charge is 2.21. The third-order valence-electron chi connectivity index (χ3n) is 3.65. The third-order valence-corrected chi connectivity index (χ3v) is 4.59. The zero-order valence-corrected chi connectivity index (χ0v) is 16.6. The highest BCUT2D eigenvalue weighted by Crippen LogP contribution is 2.29. The fourth-order valence-electron chi connectivity index (χ4n) is 2.08. The van der Waals surface area contributed by atoms with Gasteiger partial charge in [0, 0.05) is 23.7 Å². The van der Waals surface area contributed by atoms with Crippen LogP contribution in [0.2, 0.25) is 0 Å². The summed E-state index contributed by atoms with van der Waals surface area (Å²) in [6, 6.07) is 8.06. The Balaban J connectivity index is 0.00000208. The largest absolute Gasteiger partial charge is 0.477 e. The average molecular weight is 458 g/mol. The molecule has 0 aliphatic heterocycles. The highest BCUT2D eigenvalue weighted by atomic mass is 127. The Morgan fingerprint density at radius 3 is 2.92 bits per heavy atom. The van der Waals surface area contributed by atoms with Crippen molar-refractivity contribution in [3.63, 3.8) is 0 Å². The molecule has 7 heteroatoms. The molecule has 130 valence electrons. The van der Waals surface area contributed by atoms with Gasteiger partial charge in [-0.15, -0.1) is 35.3 Å². The van der Waals surface area contributed by atoms with Crippen LogP contribution >= 0.6 is 35.3 Å². The van der Waals surface area contributed by atoms with Crippen LogP contribution in [0.5, 0.6) is 5.88 Å². The number of aromatic nitrogens is 1. The number of thiophene rings is 1. The summed E-state index contributed by atoms with van der Waals surface area (Å²) in [4.78, 5) is 9.98. The number of nitrogens with one attached hydrogen (secondary N) is 1. The van der Waals surface area contributed by atoms with Crippen molar-refractivity contribution in [3.8, 4) is 5.88 Å². The maximum atomic E-state index is 5.88. The lowest BCUT2D eigenvalue weighted by molar-refractivity contribution is 0.288. The number of aliphatic imine (C=N–C) groups is 1. The summed E-state index contributed by atoms with van der Waals surface area (Å²) in [7, 11) is 0. The van der Waals surface area contributed by atoms with Crippen LogP contribution in [-0.4, -0.2) is 24.1 Å². The molecule has 0 unspecified atom stereocenters. The number of hydrogen-bond acceptors (Lipinski definition) is 4. The molecule has 0 spiro atoms. The van der Waals surface area contributed by atoms with E-state index in [1.807, 2.05) is 12.1 Å². The SMILES string of the molecule is I.NC(=NCc1ccc(OCC2CC2)nc1)NCCc1cccs1. The monoisotopic (exact) mass is 458 g/mol. The first kappa shape index (κ1) is 19.0. The highest BCUT2D eigenvalue weighted by molar-refractivity contribution is 14.0. The fourth-order valence-corrected chi connectivity index (χ4v) is 2.79. The number of pyridine rings is 1. The van der Waals surface area contributed by atoms with Gasteiger partial charge in [0.25, 0.3) is 0 Å². The molecule has 1 aliphatic carbocycles. The van der Waals surface area contributed by atoms with Gasteiger partial charge in [-0.3, -0.25) is 0 Å². The number of ether oxygens (including phenoxy) is 1. The molecule has 2 aromatic heterocycles. The summed E-state index contributed by atoms with van der Waals surface area (Å²) in [5, 5.41) is 5.21. The lowest BCUT2D eigenvalue weighted by Gasteiger charge is -2.06. The van der Waals surface area contributed by atoms with Crippen LogP contribution in [0, 0.1) is 5.92 Å². The first-order chi connectivity index (χ1) is 11.3. The minimum Gasteiger partial charge on any atom is -0.477 e. The normalized spacial score (nSPS) is 14.1. The van der Waals surface area contributed by atoms with E-state index in [9.17, 15) is 0 Å². The zero-order chi connectivity index (χ0) is 15.9. The van der Waals surface area contributed by atoms with Crippen molar-refractivity contribution in [2.45, 2.75) is 25.8 Å². The smallest absolute Gasteiger partial charge is 0.213 e. The summed E-state index contributed by atoms with van der Waals surface area (Å²) in [5.41, 5.74) is 6.90. The standard InChI is InChI=1S/C17H22N4OS.HI/c18-17(19-8-7-15-2-1-9-23-15)21-11-14-5-6-16(20-10-14)22-12-13-3-4-13;/h1-2,5-6,9-10,13H,3-4,7-8,11-12H2,(H3,18,19,21);1H. The molecule has 1 saturated carbocycles. The third kappa shape index (κ3) is 6.64. The number of rotatable bonds is 8. The summed E-state index contributed by atoms with van der Waals surface area (Å²) in [6.45, 7) is 2.10. The molecule has 0 atom stereocenters. The van der Waals surface area contributed by atoms with Crippen molar-refractivity contribution < 1.29 is 4.74 Å². The van der Waals surface area contributed by atoms with E-state index in [-0.39, 0.29) is 24.0 Å². The van der Waals surface area contributed by atoms with Gasteiger partial charge in [0.15, 0.2) is 5.96 Å². The quantitative estimate of drug-likeness (QED) is 0.362. The molecule has 0 amide bonds. The maximum absolute atomic E-state index is 5.88. The topological polar surface area (TPSA) is 72.5 Å². The van der Waals surface area contributed by atoms with Crippen LogP contribution in [0.3, 0.4) is 0 Å². The predicted molar refractivity (Wildman–Crippen MR) is 109 cm³/mol. The molecule has 2 aromatic rings. The second kappa shape index (κ2) is 9.83. The van der Waals surface area contributed by atoms with Crippen LogP contribution in [0.4, 0.5) is 0 Å². The van der Waals surface area contributed by atoms with Crippen molar-refractivity contribution in [1.82, 2.24) is 10.3 Å².